The molecule has 1 heterocycles. The second-order valence-corrected chi connectivity index (χ2v) is 7.16. The van der Waals surface area contributed by atoms with E-state index in [1.54, 1.807) is 18.2 Å². The summed E-state index contributed by atoms with van der Waals surface area (Å²) in [6.07, 6.45) is 0. The van der Waals surface area contributed by atoms with Gasteiger partial charge in [0.1, 0.15) is 0 Å². The van der Waals surface area contributed by atoms with Crippen LogP contribution in [0.1, 0.15) is 45.8 Å². The molecule has 1 amide bonds. The number of rotatable bonds is 5. The molecule has 0 saturated heterocycles. The third-order valence-corrected chi connectivity index (χ3v) is 5.03. The number of carbonyl (C=O) groups is 2. The van der Waals surface area contributed by atoms with Crippen LogP contribution in [0, 0.1) is 12.8 Å². The summed E-state index contributed by atoms with van der Waals surface area (Å²) in [6.45, 7) is 6.21. The van der Waals surface area contributed by atoms with Crippen molar-refractivity contribution in [1.82, 2.24) is 4.57 Å². The Labute approximate surface area is 157 Å². The number of carbonyl (C=O) groups excluding carboxylic acids is 2. The van der Waals surface area contributed by atoms with Gasteiger partial charge in [0, 0.05) is 39.7 Å². The summed E-state index contributed by atoms with van der Waals surface area (Å²) in [4.78, 5) is 24.4. The SMILES string of the molecule is Cc1c(C(=O)C(C)C)c2ccc(C(N)=O)cc2n1Cc1ccccc1Cl. The first-order chi connectivity index (χ1) is 12.3. The second kappa shape index (κ2) is 6.96. The van der Waals surface area contributed by atoms with Gasteiger partial charge in [-0.05, 0) is 30.7 Å². The van der Waals surface area contributed by atoms with E-state index in [-0.39, 0.29) is 11.7 Å². The highest BCUT2D eigenvalue weighted by atomic mass is 35.5. The summed E-state index contributed by atoms with van der Waals surface area (Å²) in [5.41, 5.74) is 9.17. The first-order valence-corrected chi connectivity index (χ1v) is 8.89. The third-order valence-electron chi connectivity index (χ3n) is 4.67. The Morgan fingerprint density at radius 1 is 1.15 bits per heavy atom. The van der Waals surface area contributed by atoms with Crippen LogP contribution < -0.4 is 5.73 Å². The van der Waals surface area contributed by atoms with Gasteiger partial charge in [-0.3, -0.25) is 9.59 Å². The maximum Gasteiger partial charge on any atom is 0.248 e. The van der Waals surface area contributed by atoms with Crippen molar-refractivity contribution in [3.8, 4) is 0 Å². The molecule has 0 aliphatic heterocycles. The molecule has 5 heteroatoms. The number of hydrogen-bond acceptors (Lipinski definition) is 2. The van der Waals surface area contributed by atoms with Gasteiger partial charge in [-0.15, -0.1) is 0 Å². The van der Waals surface area contributed by atoms with Crippen LogP contribution in [0.5, 0.6) is 0 Å². The Bertz CT molecular complexity index is 1020. The second-order valence-electron chi connectivity index (χ2n) is 6.75. The Morgan fingerprint density at radius 3 is 2.46 bits per heavy atom. The lowest BCUT2D eigenvalue weighted by atomic mass is 9.98. The van der Waals surface area contributed by atoms with Crippen LogP contribution in [-0.2, 0) is 6.54 Å². The van der Waals surface area contributed by atoms with E-state index < -0.39 is 5.91 Å². The molecule has 4 nitrogen and oxygen atoms in total. The number of Topliss-reactive ketones (excluding diaryl/α,β-unsaturated/α-hetero) is 1. The molecule has 2 aromatic carbocycles. The highest BCUT2D eigenvalue weighted by Crippen LogP contribution is 2.30. The van der Waals surface area contributed by atoms with E-state index in [2.05, 4.69) is 0 Å². The van der Waals surface area contributed by atoms with Gasteiger partial charge in [-0.1, -0.05) is 49.7 Å². The molecule has 0 aliphatic carbocycles. The molecular weight excluding hydrogens is 348 g/mol. The molecule has 2 N–H and O–H groups in total. The Balaban J connectivity index is 2.27. The van der Waals surface area contributed by atoms with Crippen molar-refractivity contribution in [3.05, 3.63) is 69.9 Å². The van der Waals surface area contributed by atoms with Gasteiger partial charge in [0.25, 0.3) is 0 Å². The number of ketones is 1. The highest BCUT2D eigenvalue weighted by Gasteiger charge is 2.23. The predicted molar refractivity (Wildman–Crippen MR) is 105 cm³/mol. The molecule has 26 heavy (non-hydrogen) atoms. The number of fused-ring (bicyclic) bond motifs is 1. The number of halogens is 1. The van der Waals surface area contributed by atoms with Gasteiger partial charge in [0.15, 0.2) is 5.78 Å². The number of primary amides is 1. The monoisotopic (exact) mass is 368 g/mol. The smallest absolute Gasteiger partial charge is 0.248 e. The first kappa shape index (κ1) is 18.2. The van der Waals surface area contributed by atoms with Gasteiger partial charge in [-0.25, -0.2) is 0 Å². The van der Waals surface area contributed by atoms with Crippen LogP contribution >= 0.6 is 11.6 Å². The lowest BCUT2D eigenvalue weighted by Crippen LogP contribution is -2.11. The fourth-order valence-corrected chi connectivity index (χ4v) is 3.43. The molecule has 0 fully saturated rings. The van der Waals surface area contributed by atoms with Crippen LogP contribution in [0.4, 0.5) is 0 Å². The van der Waals surface area contributed by atoms with Crippen molar-refractivity contribution in [3.63, 3.8) is 0 Å². The summed E-state index contributed by atoms with van der Waals surface area (Å²) >= 11 is 6.32. The van der Waals surface area contributed by atoms with Gasteiger partial charge in [0.2, 0.25) is 5.91 Å². The molecule has 0 bridgehead atoms. The van der Waals surface area contributed by atoms with Gasteiger partial charge < -0.3 is 10.3 Å². The summed E-state index contributed by atoms with van der Waals surface area (Å²) in [5, 5.41) is 1.50. The molecule has 0 saturated carbocycles. The minimum absolute atomic E-state index is 0.0808. The van der Waals surface area contributed by atoms with Crippen LogP contribution in [0.15, 0.2) is 42.5 Å². The van der Waals surface area contributed by atoms with Crippen molar-refractivity contribution in [2.45, 2.75) is 27.3 Å². The summed E-state index contributed by atoms with van der Waals surface area (Å²) < 4.78 is 2.03. The topological polar surface area (TPSA) is 65.1 Å². The molecular formula is C21H21ClN2O2. The fourth-order valence-electron chi connectivity index (χ4n) is 3.23. The molecule has 0 spiro atoms. The zero-order chi connectivity index (χ0) is 19.0. The summed E-state index contributed by atoms with van der Waals surface area (Å²) in [5.74, 6) is -0.534. The Kier molecular flexibility index (Phi) is 4.88. The highest BCUT2D eigenvalue weighted by molar-refractivity contribution is 6.31. The van der Waals surface area contributed by atoms with Gasteiger partial charge in [-0.2, -0.15) is 0 Å². The van der Waals surface area contributed by atoms with E-state index in [1.165, 1.54) is 0 Å². The molecule has 1 aromatic heterocycles. The maximum atomic E-state index is 12.8. The third kappa shape index (κ3) is 3.13. The molecule has 0 unspecified atom stereocenters. The number of amides is 1. The van der Waals surface area contributed by atoms with Crippen molar-refractivity contribution in [1.29, 1.82) is 0 Å². The number of hydrogen-bond donors (Lipinski definition) is 1. The average Bonchev–Trinajstić information content (AvgIpc) is 2.87. The van der Waals surface area contributed by atoms with E-state index in [1.807, 2.05) is 49.6 Å². The van der Waals surface area contributed by atoms with Gasteiger partial charge in [0.05, 0.1) is 5.52 Å². The lowest BCUT2D eigenvalue weighted by molar-refractivity contribution is 0.0939. The molecule has 0 radical (unpaired) electrons. The zero-order valence-corrected chi connectivity index (χ0v) is 15.8. The van der Waals surface area contributed by atoms with Crippen molar-refractivity contribution in [2.24, 2.45) is 11.7 Å². The van der Waals surface area contributed by atoms with Crippen LogP contribution in [0.25, 0.3) is 10.9 Å². The Hall–Kier alpha value is -2.59. The first-order valence-electron chi connectivity index (χ1n) is 8.51. The number of nitrogens with zero attached hydrogens (tertiary/aromatic N) is 1. The van der Waals surface area contributed by atoms with E-state index in [0.717, 1.165) is 22.2 Å². The van der Waals surface area contributed by atoms with E-state index in [9.17, 15) is 9.59 Å². The van der Waals surface area contributed by atoms with Gasteiger partial charge >= 0.3 is 0 Å². The van der Waals surface area contributed by atoms with Crippen molar-refractivity contribution >= 4 is 34.2 Å². The fraction of sp³-hybridized carbons (Fsp3) is 0.238. The van der Waals surface area contributed by atoms with Crippen molar-refractivity contribution in [2.75, 3.05) is 0 Å². The van der Waals surface area contributed by atoms with Crippen molar-refractivity contribution < 1.29 is 9.59 Å². The van der Waals surface area contributed by atoms with E-state index in [0.29, 0.717) is 22.7 Å². The quantitative estimate of drug-likeness (QED) is 0.669. The van der Waals surface area contributed by atoms with E-state index in [4.69, 9.17) is 17.3 Å². The molecule has 0 aliphatic rings. The molecule has 134 valence electrons. The number of aromatic nitrogens is 1. The number of nitrogens with two attached hydrogens (primary N) is 1. The van der Waals surface area contributed by atoms with E-state index >= 15 is 0 Å². The lowest BCUT2D eigenvalue weighted by Gasteiger charge is -2.11. The minimum Gasteiger partial charge on any atom is -0.366 e. The minimum atomic E-state index is -0.494. The summed E-state index contributed by atoms with van der Waals surface area (Å²) in [6, 6.07) is 12.8. The largest absolute Gasteiger partial charge is 0.366 e. The molecule has 3 aromatic rings. The normalized spacial score (nSPS) is 11.3. The molecule has 3 rings (SSSR count). The van der Waals surface area contributed by atoms with Crippen LogP contribution in [0.2, 0.25) is 5.02 Å². The predicted octanol–water partition coefficient (Wildman–Crippen LogP) is 4.59. The Morgan fingerprint density at radius 2 is 1.85 bits per heavy atom. The summed E-state index contributed by atoms with van der Waals surface area (Å²) in [7, 11) is 0. The average molecular weight is 369 g/mol. The maximum absolute atomic E-state index is 12.8. The molecule has 0 atom stereocenters. The number of benzene rings is 2. The standard InChI is InChI=1S/C21H21ClN2O2/c1-12(2)20(25)19-13(3)24(11-15-6-4-5-7-17(15)22)18-10-14(21(23)26)8-9-16(18)19/h4-10,12H,11H2,1-3H3,(H2,23,26). The van der Waals surface area contributed by atoms with Crippen LogP contribution in [-0.4, -0.2) is 16.3 Å². The van der Waals surface area contributed by atoms with Crippen LogP contribution in [0.3, 0.4) is 0 Å². The zero-order valence-electron chi connectivity index (χ0n) is 15.0.